The molecule has 0 radical (unpaired) electrons. The number of rotatable bonds is 8. The fourth-order valence-electron chi connectivity index (χ4n) is 10.3. The number of hydrogen-bond acceptors (Lipinski definition) is 3. The standard InChI is InChI=1S/C37H67F3O3Si2/c1-24(14-17-32(41)37(38,39)40)27-15-16-28-26-23-31(43-45(12,13)34(5,6)7)30-22-25(42-44(10,11)33(2,3)4)18-20-36(30,9)29(26)19-21-35(27,28)8/h24-31H,14-23H2,1-13H3/t24?,25-,26?,27?,28?,29?,30-,31-,35?,36?/m0/s1. The van der Waals surface area contributed by atoms with Crippen molar-refractivity contribution in [1.29, 1.82) is 0 Å². The lowest BCUT2D eigenvalue weighted by molar-refractivity contribution is -0.172. The molecule has 7 unspecified atom stereocenters. The molecule has 10 atom stereocenters. The van der Waals surface area contributed by atoms with Crippen molar-refractivity contribution in [2.75, 3.05) is 0 Å². The molecule has 0 heterocycles. The summed E-state index contributed by atoms with van der Waals surface area (Å²) in [6.07, 6.45) is 4.88. The second-order valence-electron chi connectivity index (χ2n) is 19.6. The molecule has 4 rings (SSSR count). The van der Waals surface area contributed by atoms with Crippen LogP contribution < -0.4 is 0 Å². The zero-order valence-corrected chi connectivity index (χ0v) is 33.0. The van der Waals surface area contributed by atoms with Gasteiger partial charge < -0.3 is 8.85 Å². The minimum Gasteiger partial charge on any atom is -0.414 e. The van der Waals surface area contributed by atoms with E-state index in [2.05, 4.69) is 88.5 Å². The molecule has 0 saturated heterocycles. The molecule has 0 aliphatic heterocycles. The highest BCUT2D eigenvalue weighted by Crippen LogP contribution is 2.69. The van der Waals surface area contributed by atoms with Crippen LogP contribution in [0.15, 0.2) is 0 Å². The normalized spacial score (nSPS) is 38.7. The van der Waals surface area contributed by atoms with E-state index in [0.717, 1.165) is 38.5 Å². The SMILES string of the molecule is CC(CCC(=O)C(F)(F)F)C1CCC2C3C[C@H](O[Si](C)(C)C(C)(C)C)[C@@H]4C[C@@H](O[Si](C)(C)C(C)(C)C)CCC4(C)C3CCC12C. The predicted octanol–water partition coefficient (Wildman–Crippen LogP) is 11.6. The first-order valence-electron chi connectivity index (χ1n) is 18.2. The average molecular weight is 673 g/mol. The second-order valence-corrected chi connectivity index (χ2v) is 29.1. The molecule has 0 N–H and O–H groups in total. The first kappa shape index (κ1) is 37.6. The van der Waals surface area contributed by atoms with Gasteiger partial charge in [0.05, 0.1) is 0 Å². The first-order valence-corrected chi connectivity index (χ1v) is 24.0. The van der Waals surface area contributed by atoms with Crippen molar-refractivity contribution in [3.63, 3.8) is 0 Å². The molecule has 3 nitrogen and oxygen atoms in total. The third kappa shape index (κ3) is 7.11. The highest BCUT2D eigenvalue weighted by molar-refractivity contribution is 6.74. The molecular formula is C37H67F3O3Si2. The van der Waals surface area contributed by atoms with Crippen LogP contribution in [0.1, 0.15) is 127 Å². The van der Waals surface area contributed by atoms with Gasteiger partial charge in [0.25, 0.3) is 0 Å². The molecule has 4 fully saturated rings. The number of hydrogen-bond donors (Lipinski definition) is 0. The summed E-state index contributed by atoms with van der Waals surface area (Å²) in [5.74, 6) is 1.25. The number of carbonyl (C=O) groups is 1. The van der Waals surface area contributed by atoms with Gasteiger partial charge in [-0.25, -0.2) is 0 Å². The predicted molar refractivity (Wildman–Crippen MR) is 184 cm³/mol. The molecule has 45 heavy (non-hydrogen) atoms. The van der Waals surface area contributed by atoms with E-state index in [9.17, 15) is 18.0 Å². The quantitative estimate of drug-likeness (QED) is 0.241. The lowest BCUT2D eigenvalue weighted by atomic mass is 9.43. The van der Waals surface area contributed by atoms with Gasteiger partial charge in [-0.2, -0.15) is 13.2 Å². The van der Waals surface area contributed by atoms with Gasteiger partial charge in [-0.1, -0.05) is 62.3 Å². The highest BCUT2D eigenvalue weighted by Gasteiger charge is 2.63. The van der Waals surface area contributed by atoms with Crippen LogP contribution in [-0.2, 0) is 13.6 Å². The fourth-order valence-corrected chi connectivity index (χ4v) is 13.1. The monoisotopic (exact) mass is 672 g/mol. The van der Waals surface area contributed by atoms with Gasteiger partial charge in [-0.3, -0.25) is 4.79 Å². The van der Waals surface area contributed by atoms with Crippen molar-refractivity contribution < 1.29 is 26.8 Å². The molecule has 0 bridgehead atoms. The summed E-state index contributed by atoms with van der Waals surface area (Å²) in [6, 6.07) is 0. The number of carbonyl (C=O) groups excluding carboxylic acids is 1. The van der Waals surface area contributed by atoms with E-state index in [4.69, 9.17) is 8.85 Å². The van der Waals surface area contributed by atoms with Crippen LogP contribution >= 0.6 is 0 Å². The zero-order valence-electron chi connectivity index (χ0n) is 31.0. The Balaban J connectivity index is 1.61. The summed E-state index contributed by atoms with van der Waals surface area (Å²) in [5, 5.41) is 0.321. The summed E-state index contributed by atoms with van der Waals surface area (Å²) in [7, 11) is -3.93. The van der Waals surface area contributed by atoms with Crippen LogP contribution in [0.2, 0.25) is 36.3 Å². The van der Waals surface area contributed by atoms with Gasteiger partial charge in [0.2, 0.25) is 5.78 Å². The zero-order chi connectivity index (χ0) is 34.2. The molecule has 262 valence electrons. The molecule has 0 spiro atoms. The smallest absolute Gasteiger partial charge is 0.414 e. The summed E-state index contributed by atoms with van der Waals surface area (Å²) < 4.78 is 53.6. The maximum absolute atomic E-state index is 13.0. The van der Waals surface area contributed by atoms with Crippen LogP contribution in [0.5, 0.6) is 0 Å². The van der Waals surface area contributed by atoms with Crippen molar-refractivity contribution in [2.24, 2.45) is 46.3 Å². The van der Waals surface area contributed by atoms with Crippen molar-refractivity contribution >= 4 is 22.4 Å². The minimum absolute atomic E-state index is 0.120. The molecule has 0 aromatic rings. The topological polar surface area (TPSA) is 35.5 Å². The number of fused-ring (bicyclic) bond motifs is 5. The van der Waals surface area contributed by atoms with Crippen LogP contribution in [0.4, 0.5) is 13.2 Å². The van der Waals surface area contributed by atoms with Crippen molar-refractivity contribution in [1.82, 2.24) is 0 Å². The van der Waals surface area contributed by atoms with Crippen molar-refractivity contribution in [3.8, 4) is 0 Å². The van der Waals surface area contributed by atoms with E-state index >= 15 is 0 Å². The third-order valence-electron chi connectivity index (χ3n) is 15.0. The lowest BCUT2D eigenvalue weighted by Crippen LogP contribution is -2.61. The molecular weight excluding hydrogens is 606 g/mol. The third-order valence-corrected chi connectivity index (χ3v) is 24.1. The Morgan fingerprint density at radius 1 is 0.778 bits per heavy atom. The molecule has 0 amide bonds. The maximum atomic E-state index is 13.0. The summed E-state index contributed by atoms with van der Waals surface area (Å²) in [6.45, 7) is 30.8. The summed E-state index contributed by atoms with van der Waals surface area (Å²) in [4.78, 5) is 11.7. The van der Waals surface area contributed by atoms with Crippen LogP contribution in [0, 0.1) is 46.3 Å². The van der Waals surface area contributed by atoms with Gasteiger partial charge >= 0.3 is 6.18 Å². The molecule has 0 aromatic heterocycles. The fraction of sp³-hybridized carbons (Fsp3) is 0.973. The average Bonchev–Trinajstić information content (AvgIpc) is 3.23. The Hall–Kier alpha value is -0.186. The Morgan fingerprint density at radius 2 is 1.31 bits per heavy atom. The summed E-state index contributed by atoms with van der Waals surface area (Å²) >= 11 is 0. The second kappa shape index (κ2) is 12.3. The molecule has 0 aromatic carbocycles. The van der Waals surface area contributed by atoms with Gasteiger partial charge in [-0.05, 0) is 140 Å². The number of alkyl halides is 3. The van der Waals surface area contributed by atoms with E-state index in [1.807, 2.05) is 0 Å². The Labute approximate surface area is 276 Å². The van der Waals surface area contributed by atoms with Crippen molar-refractivity contribution in [3.05, 3.63) is 0 Å². The summed E-state index contributed by atoms with van der Waals surface area (Å²) in [5.41, 5.74) is 0.336. The minimum atomic E-state index is -4.72. The molecule has 4 aliphatic carbocycles. The van der Waals surface area contributed by atoms with Gasteiger partial charge in [0.1, 0.15) is 0 Å². The molecule has 4 aliphatic rings. The van der Waals surface area contributed by atoms with E-state index < -0.39 is 28.6 Å². The van der Waals surface area contributed by atoms with Gasteiger partial charge in [-0.15, -0.1) is 0 Å². The lowest BCUT2D eigenvalue weighted by Gasteiger charge is -2.64. The first-order chi connectivity index (χ1) is 20.2. The maximum Gasteiger partial charge on any atom is 0.449 e. The van der Waals surface area contributed by atoms with Gasteiger partial charge in [0, 0.05) is 18.6 Å². The van der Waals surface area contributed by atoms with Gasteiger partial charge in [0.15, 0.2) is 16.6 Å². The van der Waals surface area contributed by atoms with E-state index in [-0.39, 0.29) is 39.3 Å². The number of halogens is 3. The largest absolute Gasteiger partial charge is 0.449 e. The van der Waals surface area contributed by atoms with E-state index in [1.54, 1.807) is 0 Å². The van der Waals surface area contributed by atoms with Crippen LogP contribution in [0.3, 0.4) is 0 Å². The van der Waals surface area contributed by atoms with E-state index in [0.29, 0.717) is 42.1 Å². The van der Waals surface area contributed by atoms with Crippen LogP contribution in [0.25, 0.3) is 0 Å². The Morgan fingerprint density at radius 3 is 1.87 bits per heavy atom. The molecule has 4 saturated carbocycles. The van der Waals surface area contributed by atoms with Crippen molar-refractivity contribution in [2.45, 2.75) is 181 Å². The van der Waals surface area contributed by atoms with Crippen LogP contribution in [-0.4, -0.2) is 40.8 Å². The number of Topliss-reactive ketones (excluding diaryl/α,β-unsaturated/α-hetero) is 1. The van der Waals surface area contributed by atoms with E-state index in [1.165, 1.54) is 12.8 Å². The number of ketones is 1. The highest BCUT2D eigenvalue weighted by atomic mass is 28.4. The Bertz CT molecular complexity index is 1080. The molecule has 8 heteroatoms. The Kier molecular flexibility index (Phi) is 10.3.